The summed E-state index contributed by atoms with van der Waals surface area (Å²) in [7, 11) is 1.33. The third-order valence-electron chi connectivity index (χ3n) is 1.84. The lowest BCUT2D eigenvalue weighted by Crippen LogP contribution is -2.02. The highest BCUT2D eigenvalue weighted by Gasteiger charge is 2.05. The molecule has 74 valence electrons. The first-order valence-electron chi connectivity index (χ1n) is 4.12. The molecule has 0 radical (unpaired) electrons. The summed E-state index contributed by atoms with van der Waals surface area (Å²) in [5, 5.41) is 0. The number of nitrogens with zero attached hydrogens (tertiary/aromatic N) is 1. The van der Waals surface area contributed by atoms with E-state index in [1.165, 1.54) is 19.5 Å². The van der Waals surface area contributed by atoms with Gasteiger partial charge in [-0.15, -0.1) is 0 Å². The second-order valence-electron chi connectivity index (χ2n) is 2.77. The maximum atomic E-state index is 11.1. The van der Waals surface area contributed by atoms with Crippen molar-refractivity contribution in [2.75, 3.05) is 7.11 Å². The summed E-state index contributed by atoms with van der Waals surface area (Å²) >= 11 is 0. The van der Waals surface area contributed by atoms with Crippen LogP contribution in [-0.4, -0.2) is 18.1 Å². The van der Waals surface area contributed by atoms with E-state index in [1.54, 1.807) is 12.1 Å². The average molecular weight is 192 g/mol. The van der Waals surface area contributed by atoms with Crippen LogP contribution in [0.5, 0.6) is 0 Å². The van der Waals surface area contributed by atoms with Crippen molar-refractivity contribution in [3.63, 3.8) is 0 Å². The zero-order chi connectivity index (χ0) is 10.6. The van der Waals surface area contributed by atoms with E-state index in [9.17, 15) is 4.79 Å². The predicted octanol–water partition coefficient (Wildman–Crippen LogP) is 1.19. The number of methoxy groups -OCH3 is 1. The van der Waals surface area contributed by atoms with Crippen molar-refractivity contribution in [3.05, 3.63) is 35.8 Å². The van der Waals surface area contributed by atoms with Crippen LogP contribution in [-0.2, 0) is 4.74 Å². The smallest absolute Gasteiger partial charge is 0.339 e. The first-order valence-corrected chi connectivity index (χ1v) is 4.12. The summed E-state index contributed by atoms with van der Waals surface area (Å²) in [5.41, 5.74) is 7.38. The van der Waals surface area contributed by atoms with Crippen molar-refractivity contribution in [3.8, 4) is 0 Å². The van der Waals surface area contributed by atoms with Crippen molar-refractivity contribution in [2.45, 2.75) is 6.92 Å². The van der Waals surface area contributed by atoms with Crippen molar-refractivity contribution in [2.24, 2.45) is 5.73 Å². The molecule has 0 amide bonds. The number of nitrogens with two attached hydrogens (primary N) is 1. The summed E-state index contributed by atoms with van der Waals surface area (Å²) in [4.78, 5) is 15.1. The predicted molar refractivity (Wildman–Crippen MR) is 53.4 cm³/mol. The van der Waals surface area contributed by atoms with Crippen LogP contribution in [0, 0.1) is 0 Å². The molecule has 0 aliphatic rings. The van der Waals surface area contributed by atoms with Gasteiger partial charge in [0.25, 0.3) is 0 Å². The normalized spacial score (nSPS) is 11.1. The monoisotopic (exact) mass is 192 g/mol. The van der Waals surface area contributed by atoms with Gasteiger partial charge in [0, 0.05) is 6.20 Å². The van der Waals surface area contributed by atoms with Crippen LogP contribution in [0.4, 0.5) is 0 Å². The van der Waals surface area contributed by atoms with E-state index in [-0.39, 0.29) is 0 Å². The van der Waals surface area contributed by atoms with Crippen LogP contribution in [0.15, 0.2) is 24.5 Å². The zero-order valence-electron chi connectivity index (χ0n) is 8.15. The molecule has 14 heavy (non-hydrogen) atoms. The van der Waals surface area contributed by atoms with Gasteiger partial charge in [-0.25, -0.2) is 4.79 Å². The fourth-order valence-corrected chi connectivity index (χ4v) is 0.951. The van der Waals surface area contributed by atoms with Gasteiger partial charge in [0.1, 0.15) is 0 Å². The number of hydrogen-bond acceptors (Lipinski definition) is 4. The topological polar surface area (TPSA) is 65.2 Å². The Hall–Kier alpha value is -1.84. The molecule has 2 N–H and O–H groups in total. The second kappa shape index (κ2) is 4.41. The highest BCUT2D eigenvalue weighted by Crippen LogP contribution is 2.10. The van der Waals surface area contributed by atoms with Gasteiger partial charge in [0.05, 0.1) is 18.4 Å². The van der Waals surface area contributed by atoms with E-state index in [4.69, 9.17) is 5.73 Å². The highest BCUT2D eigenvalue weighted by molar-refractivity contribution is 5.89. The molecule has 0 aliphatic heterocycles. The maximum Gasteiger partial charge on any atom is 0.339 e. The number of ether oxygens (including phenoxy) is 1. The van der Waals surface area contributed by atoms with Crippen molar-refractivity contribution < 1.29 is 9.53 Å². The minimum Gasteiger partial charge on any atom is -0.465 e. The Balaban J connectivity index is 2.95. The van der Waals surface area contributed by atoms with Crippen LogP contribution in [0.3, 0.4) is 0 Å². The summed E-state index contributed by atoms with van der Waals surface area (Å²) in [6, 6.07) is 3.38. The first-order chi connectivity index (χ1) is 6.69. The van der Waals surface area contributed by atoms with Gasteiger partial charge in [-0.1, -0.05) is 0 Å². The van der Waals surface area contributed by atoms with Crippen molar-refractivity contribution >= 4 is 11.5 Å². The highest BCUT2D eigenvalue weighted by atomic mass is 16.5. The zero-order valence-corrected chi connectivity index (χ0v) is 8.15. The van der Waals surface area contributed by atoms with Crippen LogP contribution in [0.25, 0.3) is 5.57 Å². The van der Waals surface area contributed by atoms with Gasteiger partial charge in [0.2, 0.25) is 0 Å². The first kappa shape index (κ1) is 10.2. The Morgan fingerprint density at radius 2 is 2.29 bits per heavy atom. The number of pyridine rings is 1. The Labute approximate surface area is 82.4 Å². The number of esters is 1. The van der Waals surface area contributed by atoms with Gasteiger partial charge in [-0.05, 0) is 30.8 Å². The van der Waals surface area contributed by atoms with Gasteiger partial charge >= 0.3 is 5.97 Å². The second-order valence-corrected chi connectivity index (χ2v) is 2.77. The number of hydrogen-bond donors (Lipinski definition) is 1. The third-order valence-corrected chi connectivity index (χ3v) is 1.84. The molecule has 0 saturated heterocycles. The maximum absolute atomic E-state index is 11.1. The quantitative estimate of drug-likeness (QED) is 0.715. The standard InChI is InChI=1S/C10H12N2O2/c1-7(5-11)9-4-3-8(6-12-9)10(13)14-2/h3-6H,11H2,1-2H3/b7-5+. The molecular formula is C10H12N2O2. The molecule has 0 spiro atoms. The lowest BCUT2D eigenvalue weighted by atomic mass is 10.2. The van der Waals surface area contributed by atoms with Gasteiger partial charge in [0.15, 0.2) is 0 Å². The summed E-state index contributed by atoms with van der Waals surface area (Å²) in [5.74, 6) is -0.390. The van der Waals surface area contributed by atoms with E-state index in [2.05, 4.69) is 9.72 Å². The molecule has 1 aromatic heterocycles. The Morgan fingerprint density at radius 3 is 2.71 bits per heavy atom. The van der Waals surface area contributed by atoms with E-state index >= 15 is 0 Å². The number of allylic oxidation sites excluding steroid dienone is 1. The van der Waals surface area contributed by atoms with Gasteiger partial charge in [-0.2, -0.15) is 0 Å². The molecule has 0 atom stereocenters. The molecule has 0 saturated carbocycles. The Morgan fingerprint density at radius 1 is 1.57 bits per heavy atom. The summed E-state index contributed by atoms with van der Waals surface area (Å²) in [6.45, 7) is 1.85. The number of carbonyl (C=O) groups is 1. The van der Waals surface area contributed by atoms with Crippen LogP contribution < -0.4 is 5.73 Å². The molecule has 0 bridgehead atoms. The minimum absolute atomic E-state index is 0.390. The van der Waals surface area contributed by atoms with E-state index in [0.29, 0.717) is 5.56 Å². The lowest BCUT2D eigenvalue weighted by Gasteiger charge is -2.01. The van der Waals surface area contributed by atoms with E-state index < -0.39 is 5.97 Å². The molecule has 1 rings (SSSR count). The SMILES string of the molecule is COC(=O)c1ccc(/C(C)=C/N)nc1. The minimum atomic E-state index is -0.390. The fourth-order valence-electron chi connectivity index (χ4n) is 0.951. The molecule has 0 fully saturated rings. The molecule has 1 heterocycles. The third kappa shape index (κ3) is 2.10. The van der Waals surface area contributed by atoms with Gasteiger partial charge < -0.3 is 10.5 Å². The van der Waals surface area contributed by atoms with Crippen LogP contribution in [0.1, 0.15) is 23.0 Å². The summed E-state index contributed by atoms with van der Waals surface area (Å²) in [6.07, 6.45) is 2.94. The fraction of sp³-hybridized carbons (Fsp3) is 0.200. The van der Waals surface area contributed by atoms with Crippen LogP contribution >= 0.6 is 0 Å². The average Bonchev–Trinajstić information content (AvgIpc) is 2.27. The molecular weight excluding hydrogens is 180 g/mol. The number of carbonyl (C=O) groups excluding carboxylic acids is 1. The molecule has 4 nitrogen and oxygen atoms in total. The molecule has 0 aromatic carbocycles. The van der Waals surface area contributed by atoms with Gasteiger partial charge in [-0.3, -0.25) is 4.98 Å². The number of aromatic nitrogens is 1. The molecule has 1 aromatic rings. The van der Waals surface area contributed by atoms with Crippen molar-refractivity contribution in [1.29, 1.82) is 0 Å². The van der Waals surface area contributed by atoms with Crippen molar-refractivity contribution in [1.82, 2.24) is 4.98 Å². The van der Waals surface area contributed by atoms with E-state index in [1.807, 2.05) is 6.92 Å². The van der Waals surface area contributed by atoms with Crippen LogP contribution in [0.2, 0.25) is 0 Å². The van der Waals surface area contributed by atoms with E-state index in [0.717, 1.165) is 11.3 Å². The molecule has 0 unspecified atom stereocenters. The largest absolute Gasteiger partial charge is 0.465 e. The Bertz CT molecular complexity index is 355. The molecule has 0 aliphatic carbocycles. The number of rotatable bonds is 2. The summed E-state index contributed by atoms with van der Waals surface area (Å²) < 4.78 is 4.54. The lowest BCUT2D eigenvalue weighted by molar-refractivity contribution is 0.0600. The molecule has 4 heteroatoms. The Kier molecular flexibility index (Phi) is 3.23.